The van der Waals surface area contributed by atoms with Crippen LogP contribution in [0.2, 0.25) is 0 Å². The smallest absolute Gasteiger partial charge is 0.141 e. The Morgan fingerprint density at radius 3 is 2.68 bits per heavy atom. The quantitative estimate of drug-likeness (QED) is 0.328. The van der Waals surface area contributed by atoms with Crippen molar-refractivity contribution < 1.29 is 5.21 Å². The number of nitrogens with one attached hydrogen (secondary N) is 1. The van der Waals surface area contributed by atoms with Gasteiger partial charge in [-0.15, -0.1) is 11.3 Å². The highest BCUT2D eigenvalue weighted by molar-refractivity contribution is 7.09. The maximum atomic E-state index is 8.72. The summed E-state index contributed by atoms with van der Waals surface area (Å²) in [5, 5.41) is 17.3. The fraction of sp³-hybridized carbons (Fsp3) is 0.214. The normalized spacial score (nSPS) is 13.4. The molecule has 0 saturated heterocycles. The van der Waals surface area contributed by atoms with Gasteiger partial charge in [-0.25, -0.2) is 0 Å². The van der Waals surface area contributed by atoms with E-state index >= 15 is 0 Å². The second-order valence-electron chi connectivity index (χ2n) is 4.22. The van der Waals surface area contributed by atoms with Crippen LogP contribution >= 0.6 is 11.3 Å². The van der Waals surface area contributed by atoms with Crippen LogP contribution in [0.5, 0.6) is 0 Å². The predicted molar refractivity (Wildman–Crippen MR) is 78.4 cm³/mol. The van der Waals surface area contributed by atoms with Gasteiger partial charge in [-0.2, -0.15) is 0 Å². The van der Waals surface area contributed by atoms with Crippen molar-refractivity contribution in [1.82, 2.24) is 5.32 Å². The third-order valence-electron chi connectivity index (χ3n) is 2.85. The Hall–Kier alpha value is -1.85. The average molecular weight is 275 g/mol. The van der Waals surface area contributed by atoms with Gasteiger partial charge in [0.2, 0.25) is 0 Å². The van der Waals surface area contributed by atoms with E-state index in [1.54, 1.807) is 11.3 Å². The number of amidine groups is 1. The van der Waals surface area contributed by atoms with Crippen molar-refractivity contribution in [2.75, 3.05) is 0 Å². The number of hydrogen-bond acceptors (Lipinski definition) is 4. The third kappa shape index (κ3) is 4.08. The number of benzene rings is 1. The Kier molecular flexibility index (Phi) is 4.94. The van der Waals surface area contributed by atoms with E-state index < -0.39 is 0 Å². The minimum absolute atomic E-state index is 0.0409. The molecule has 2 aromatic rings. The first-order valence-corrected chi connectivity index (χ1v) is 6.94. The minimum Gasteiger partial charge on any atom is -0.409 e. The lowest BCUT2D eigenvalue weighted by Crippen LogP contribution is -2.26. The van der Waals surface area contributed by atoms with Crippen LogP contribution in [0.15, 0.2) is 53.0 Å². The van der Waals surface area contributed by atoms with Gasteiger partial charge < -0.3 is 16.3 Å². The summed E-state index contributed by atoms with van der Waals surface area (Å²) in [4.78, 5) is 1.26. The van der Waals surface area contributed by atoms with Gasteiger partial charge in [0, 0.05) is 23.9 Å². The van der Waals surface area contributed by atoms with Gasteiger partial charge in [-0.05, 0) is 17.0 Å². The van der Waals surface area contributed by atoms with Crippen molar-refractivity contribution in [1.29, 1.82) is 0 Å². The van der Waals surface area contributed by atoms with Crippen LogP contribution in [-0.2, 0) is 6.54 Å². The lowest BCUT2D eigenvalue weighted by Gasteiger charge is -2.18. The first kappa shape index (κ1) is 13.6. The van der Waals surface area contributed by atoms with Gasteiger partial charge in [0.25, 0.3) is 0 Å². The number of oxime groups is 1. The van der Waals surface area contributed by atoms with Crippen molar-refractivity contribution in [2.45, 2.75) is 19.0 Å². The zero-order valence-electron chi connectivity index (χ0n) is 10.5. The van der Waals surface area contributed by atoms with Crippen molar-refractivity contribution >= 4 is 17.2 Å². The summed E-state index contributed by atoms with van der Waals surface area (Å²) in [5.74, 6) is 0.229. The van der Waals surface area contributed by atoms with E-state index in [2.05, 4.69) is 21.9 Å². The summed E-state index contributed by atoms with van der Waals surface area (Å²) < 4.78 is 0. The predicted octanol–water partition coefficient (Wildman–Crippen LogP) is 2.72. The maximum absolute atomic E-state index is 8.72. The molecule has 0 spiro atoms. The molecule has 0 radical (unpaired) electrons. The van der Waals surface area contributed by atoms with Crippen molar-refractivity contribution in [3.8, 4) is 0 Å². The molecule has 0 saturated carbocycles. The number of rotatable bonds is 6. The molecule has 0 aliphatic carbocycles. The molecule has 1 heterocycles. The highest BCUT2D eigenvalue weighted by Crippen LogP contribution is 2.18. The molecule has 0 fully saturated rings. The Bertz CT molecular complexity index is 511. The number of thiophene rings is 1. The fourth-order valence-electron chi connectivity index (χ4n) is 1.88. The molecule has 2 rings (SSSR count). The number of nitrogens with two attached hydrogens (primary N) is 1. The molecule has 4 N–H and O–H groups in total. The second-order valence-corrected chi connectivity index (χ2v) is 5.25. The molecule has 0 amide bonds. The summed E-state index contributed by atoms with van der Waals surface area (Å²) in [6.45, 7) is 0.774. The third-order valence-corrected chi connectivity index (χ3v) is 3.72. The Morgan fingerprint density at radius 2 is 2.05 bits per heavy atom. The zero-order chi connectivity index (χ0) is 13.5. The first-order valence-electron chi connectivity index (χ1n) is 6.06. The van der Waals surface area contributed by atoms with Gasteiger partial charge in [0.1, 0.15) is 5.84 Å². The monoisotopic (exact) mass is 275 g/mol. The van der Waals surface area contributed by atoms with Gasteiger partial charge in [0.05, 0.1) is 0 Å². The van der Waals surface area contributed by atoms with Crippen molar-refractivity contribution in [3.63, 3.8) is 0 Å². The van der Waals surface area contributed by atoms with Gasteiger partial charge in [0.15, 0.2) is 0 Å². The van der Waals surface area contributed by atoms with E-state index in [0.717, 1.165) is 12.1 Å². The van der Waals surface area contributed by atoms with Crippen LogP contribution < -0.4 is 11.1 Å². The molecule has 0 aliphatic rings. The topological polar surface area (TPSA) is 70.6 Å². The molecule has 19 heavy (non-hydrogen) atoms. The average Bonchev–Trinajstić information content (AvgIpc) is 2.97. The van der Waals surface area contributed by atoms with Crippen LogP contribution in [0.25, 0.3) is 0 Å². The molecule has 100 valence electrons. The molecule has 0 bridgehead atoms. The fourth-order valence-corrected chi connectivity index (χ4v) is 2.54. The number of hydrogen-bond donors (Lipinski definition) is 3. The molecular weight excluding hydrogens is 258 g/mol. The first-order chi connectivity index (χ1) is 9.29. The molecule has 4 nitrogen and oxygen atoms in total. The van der Waals surface area contributed by atoms with E-state index in [1.165, 1.54) is 4.88 Å². The number of nitrogens with zero attached hydrogens (tertiary/aromatic N) is 1. The molecule has 1 unspecified atom stereocenters. The lowest BCUT2D eigenvalue weighted by atomic mass is 10.0. The van der Waals surface area contributed by atoms with E-state index in [4.69, 9.17) is 10.9 Å². The molecule has 1 aromatic carbocycles. The van der Waals surface area contributed by atoms with Gasteiger partial charge >= 0.3 is 0 Å². The highest BCUT2D eigenvalue weighted by atomic mass is 32.1. The molecule has 1 atom stereocenters. The van der Waals surface area contributed by atoms with Crippen LogP contribution in [0.3, 0.4) is 0 Å². The largest absolute Gasteiger partial charge is 0.409 e. The van der Waals surface area contributed by atoms with Crippen LogP contribution in [0.1, 0.15) is 22.9 Å². The van der Waals surface area contributed by atoms with Crippen molar-refractivity contribution in [3.05, 3.63) is 58.3 Å². The van der Waals surface area contributed by atoms with Gasteiger partial charge in [-0.3, -0.25) is 0 Å². The van der Waals surface area contributed by atoms with E-state index in [9.17, 15) is 0 Å². The summed E-state index contributed by atoms with van der Waals surface area (Å²) in [6, 6.07) is 14.2. The van der Waals surface area contributed by atoms with Crippen molar-refractivity contribution in [2.24, 2.45) is 10.9 Å². The SMILES string of the molecule is NC(CC(NCc1cccs1)c1ccccc1)=NO. The minimum atomic E-state index is 0.0409. The Balaban J connectivity index is 2.06. The maximum Gasteiger partial charge on any atom is 0.141 e. The zero-order valence-corrected chi connectivity index (χ0v) is 11.3. The molecule has 0 aliphatic heterocycles. The van der Waals surface area contributed by atoms with E-state index in [1.807, 2.05) is 36.4 Å². The Morgan fingerprint density at radius 1 is 1.26 bits per heavy atom. The summed E-state index contributed by atoms with van der Waals surface area (Å²) in [7, 11) is 0. The van der Waals surface area contributed by atoms with E-state index in [0.29, 0.717) is 6.42 Å². The summed E-state index contributed by atoms with van der Waals surface area (Å²) >= 11 is 1.71. The summed E-state index contributed by atoms with van der Waals surface area (Å²) in [5.41, 5.74) is 6.75. The molecule has 5 heteroatoms. The Labute approximate surface area is 116 Å². The molecular formula is C14H17N3OS. The lowest BCUT2D eigenvalue weighted by molar-refractivity contribution is 0.315. The van der Waals surface area contributed by atoms with Crippen LogP contribution in [0, 0.1) is 0 Å². The highest BCUT2D eigenvalue weighted by Gasteiger charge is 2.13. The van der Waals surface area contributed by atoms with Crippen LogP contribution in [0.4, 0.5) is 0 Å². The summed E-state index contributed by atoms with van der Waals surface area (Å²) in [6.07, 6.45) is 0.478. The standard InChI is InChI=1S/C14H17N3OS/c15-14(17-18)9-13(11-5-2-1-3-6-11)16-10-12-7-4-8-19-12/h1-8,13,16,18H,9-10H2,(H2,15,17). The van der Waals surface area contributed by atoms with Gasteiger partial charge in [-0.1, -0.05) is 41.6 Å². The van der Waals surface area contributed by atoms with Crippen LogP contribution in [-0.4, -0.2) is 11.0 Å². The second kappa shape index (κ2) is 6.92. The molecule has 1 aromatic heterocycles. The van der Waals surface area contributed by atoms with E-state index in [-0.39, 0.29) is 11.9 Å².